The van der Waals surface area contributed by atoms with Crippen molar-refractivity contribution in [1.82, 2.24) is 10.3 Å². The van der Waals surface area contributed by atoms with Gasteiger partial charge >= 0.3 is 0 Å². The maximum absolute atomic E-state index is 12.3. The van der Waals surface area contributed by atoms with Crippen molar-refractivity contribution in [2.24, 2.45) is 0 Å². The van der Waals surface area contributed by atoms with Crippen LogP contribution in [0.15, 0.2) is 35.4 Å². The van der Waals surface area contributed by atoms with Crippen LogP contribution in [0.4, 0.5) is 5.13 Å². The van der Waals surface area contributed by atoms with E-state index in [4.69, 9.17) is 0 Å². The van der Waals surface area contributed by atoms with Crippen LogP contribution in [0, 0.1) is 6.92 Å². The molecule has 1 aromatic heterocycles. The van der Waals surface area contributed by atoms with E-state index in [9.17, 15) is 8.42 Å². The minimum Gasteiger partial charge on any atom is -0.310 e. The first-order valence-electron chi connectivity index (χ1n) is 6.80. The van der Waals surface area contributed by atoms with Gasteiger partial charge < -0.3 is 5.32 Å². The molecule has 2 aromatic rings. The minimum atomic E-state index is -3.58. The van der Waals surface area contributed by atoms with Crippen LogP contribution in [0.5, 0.6) is 0 Å². The van der Waals surface area contributed by atoms with Crippen LogP contribution in [0.3, 0.4) is 0 Å². The predicted molar refractivity (Wildman–Crippen MR) is 84.0 cm³/mol. The minimum absolute atomic E-state index is 0.269. The largest absolute Gasteiger partial charge is 0.310 e. The number of hydrogen-bond donors (Lipinski definition) is 2. The maximum Gasteiger partial charge on any atom is 0.263 e. The molecule has 112 valence electrons. The number of thiazole rings is 1. The highest BCUT2D eigenvalue weighted by Gasteiger charge is 2.20. The first-order valence-corrected chi connectivity index (χ1v) is 9.10. The Morgan fingerprint density at radius 1 is 1.38 bits per heavy atom. The zero-order valence-electron chi connectivity index (χ0n) is 11.7. The fourth-order valence-corrected chi connectivity index (χ4v) is 3.92. The molecule has 0 spiro atoms. The van der Waals surface area contributed by atoms with Gasteiger partial charge in [-0.2, -0.15) is 0 Å². The molecule has 0 saturated heterocycles. The van der Waals surface area contributed by atoms with Crippen LogP contribution in [0.1, 0.15) is 23.3 Å². The lowest BCUT2D eigenvalue weighted by Crippen LogP contribution is -2.16. The molecule has 2 N–H and O–H groups in total. The zero-order chi connectivity index (χ0) is 14.9. The molecule has 21 heavy (non-hydrogen) atoms. The van der Waals surface area contributed by atoms with Crippen LogP contribution in [0.25, 0.3) is 0 Å². The lowest BCUT2D eigenvalue weighted by Gasteiger charge is -2.08. The second kappa shape index (κ2) is 5.75. The van der Waals surface area contributed by atoms with Crippen LogP contribution in [-0.2, 0) is 16.6 Å². The summed E-state index contributed by atoms with van der Waals surface area (Å²) in [5, 5.41) is 3.78. The molecule has 1 fully saturated rings. The van der Waals surface area contributed by atoms with Gasteiger partial charge in [0.25, 0.3) is 10.0 Å². The van der Waals surface area contributed by atoms with Gasteiger partial charge in [-0.15, -0.1) is 11.3 Å². The Balaban J connectivity index is 1.75. The van der Waals surface area contributed by atoms with E-state index >= 15 is 0 Å². The lowest BCUT2D eigenvalue weighted by atomic mass is 10.2. The smallest absolute Gasteiger partial charge is 0.263 e. The van der Waals surface area contributed by atoms with Gasteiger partial charge in [0.2, 0.25) is 0 Å². The topological polar surface area (TPSA) is 71.1 Å². The summed E-state index contributed by atoms with van der Waals surface area (Å²) in [6, 6.07) is 7.61. The van der Waals surface area contributed by atoms with Crippen molar-refractivity contribution < 1.29 is 8.42 Å². The summed E-state index contributed by atoms with van der Waals surface area (Å²) in [6.45, 7) is 2.59. The van der Waals surface area contributed by atoms with Crippen LogP contribution >= 0.6 is 11.3 Å². The second-order valence-electron chi connectivity index (χ2n) is 5.18. The van der Waals surface area contributed by atoms with Crippen LogP contribution < -0.4 is 10.0 Å². The number of hydrogen-bond acceptors (Lipinski definition) is 5. The Hall–Kier alpha value is -1.44. The summed E-state index contributed by atoms with van der Waals surface area (Å²) < 4.78 is 27.2. The fraction of sp³-hybridized carbons (Fsp3) is 0.357. The van der Waals surface area contributed by atoms with Gasteiger partial charge in [0.05, 0.1) is 4.90 Å². The summed E-state index contributed by atoms with van der Waals surface area (Å²) in [6.07, 6.45) is 4.07. The van der Waals surface area contributed by atoms with Crippen molar-refractivity contribution in [3.63, 3.8) is 0 Å². The molecule has 0 unspecified atom stereocenters. The normalized spacial score (nSPS) is 15.1. The molecule has 0 aliphatic heterocycles. The number of anilines is 1. The molecule has 3 rings (SSSR count). The van der Waals surface area contributed by atoms with E-state index in [1.807, 2.05) is 13.0 Å². The first kappa shape index (κ1) is 14.5. The van der Waals surface area contributed by atoms with Gasteiger partial charge in [-0.25, -0.2) is 13.4 Å². The van der Waals surface area contributed by atoms with Gasteiger partial charge in [-0.05, 0) is 37.5 Å². The third-order valence-corrected chi connectivity index (χ3v) is 5.52. The molecule has 5 nitrogen and oxygen atoms in total. The molecule has 1 saturated carbocycles. The third-order valence-electron chi connectivity index (χ3n) is 3.22. The Morgan fingerprint density at radius 3 is 2.86 bits per heavy atom. The molecule has 0 amide bonds. The van der Waals surface area contributed by atoms with Gasteiger partial charge in [0.15, 0.2) is 5.13 Å². The number of rotatable bonds is 6. The molecular weight excluding hydrogens is 306 g/mol. The van der Waals surface area contributed by atoms with Gasteiger partial charge in [-0.1, -0.05) is 12.1 Å². The number of nitrogens with one attached hydrogen (secondary N) is 2. The fourth-order valence-electron chi connectivity index (χ4n) is 1.95. The molecule has 1 aliphatic carbocycles. The van der Waals surface area contributed by atoms with E-state index in [0.717, 1.165) is 10.4 Å². The number of aryl methyl sites for hydroxylation is 1. The van der Waals surface area contributed by atoms with Crippen LogP contribution in [0.2, 0.25) is 0 Å². The van der Waals surface area contributed by atoms with Gasteiger partial charge in [0, 0.05) is 23.7 Å². The monoisotopic (exact) mass is 323 g/mol. The molecule has 1 aliphatic rings. The SMILES string of the molecule is Cc1cnc(NS(=O)(=O)c2cccc(CNC3CC3)c2)s1. The molecule has 0 atom stereocenters. The highest BCUT2D eigenvalue weighted by Crippen LogP contribution is 2.22. The van der Waals surface area contributed by atoms with E-state index in [1.165, 1.54) is 24.2 Å². The van der Waals surface area contributed by atoms with Crippen LogP contribution in [-0.4, -0.2) is 19.4 Å². The van der Waals surface area contributed by atoms with Gasteiger partial charge in [0.1, 0.15) is 0 Å². The van der Waals surface area contributed by atoms with E-state index < -0.39 is 10.0 Å². The van der Waals surface area contributed by atoms with E-state index in [1.54, 1.807) is 24.4 Å². The maximum atomic E-state index is 12.3. The number of sulfonamides is 1. The van der Waals surface area contributed by atoms with E-state index in [-0.39, 0.29) is 4.90 Å². The number of nitrogens with zero attached hydrogens (tertiary/aromatic N) is 1. The standard InChI is InChI=1S/C14H17N3O2S2/c1-10-8-16-14(20-10)17-21(18,19)13-4-2-3-11(7-13)9-15-12-5-6-12/h2-4,7-8,12,15H,5-6,9H2,1H3,(H,16,17). The average Bonchev–Trinajstić information content (AvgIpc) is 3.20. The second-order valence-corrected chi connectivity index (χ2v) is 8.10. The quantitative estimate of drug-likeness (QED) is 0.857. The zero-order valence-corrected chi connectivity index (χ0v) is 13.3. The van der Waals surface area contributed by atoms with Crippen molar-refractivity contribution in [3.05, 3.63) is 40.9 Å². The van der Waals surface area contributed by atoms with Crippen molar-refractivity contribution in [2.75, 3.05) is 4.72 Å². The van der Waals surface area contributed by atoms with Crippen molar-refractivity contribution >= 4 is 26.5 Å². The summed E-state index contributed by atoms with van der Waals surface area (Å²) >= 11 is 1.32. The average molecular weight is 323 g/mol. The summed E-state index contributed by atoms with van der Waals surface area (Å²) in [5.41, 5.74) is 0.972. The van der Waals surface area contributed by atoms with Crippen molar-refractivity contribution in [1.29, 1.82) is 0 Å². The summed E-state index contributed by atoms with van der Waals surface area (Å²) in [5.74, 6) is 0. The molecule has 7 heteroatoms. The summed E-state index contributed by atoms with van der Waals surface area (Å²) in [4.78, 5) is 5.27. The highest BCUT2D eigenvalue weighted by atomic mass is 32.2. The predicted octanol–water partition coefficient (Wildman–Crippen LogP) is 2.50. The Labute approximate surface area is 128 Å². The third kappa shape index (κ3) is 3.81. The highest BCUT2D eigenvalue weighted by molar-refractivity contribution is 7.93. The Kier molecular flexibility index (Phi) is 3.97. The summed E-state index contributed by atoms with van der Waals surface area (Å²) in [7, 11) is -3.58. The Bertz CT molecular complexity index is 736. The van der Waals surface area contributed by atoms with E-state index in [0.29, 0.717) is 17.7 Å². The number of aromatic nitrogens is 1. The van der Waals surface area contributed by atoms with Crippen molar-refractivity contribution in [3.8, 4) is 0 Å². The first-order chi connectivity index (χ1) is 10.0. The number of benzene rings is 1. The Morgan fingerprint density at radius 2 is 2.19 bits per heavy atom. The van der Waals surface area contributed by atoms with Crippen molar-refractivity contribution in [2.45, 2.75) is 37.2 Å². The molecule has 0 radical (unpaired) electrons. The molecule has 1 heterocycles. The molecule has 0 bridgehead atoms. The van der Waals surface area contributed by atoms with Gasteiger partial charge in [-0.3, -0.25) is 4.72 Å². The molecular formula is C14H17N3O2S2. The molecule has 1 aromatic carbocycles. The van der Waals surface area contributed by atoms with E-state index in [2.05, 4.69) is 15.0 Å². The lowest BCUT2D eigenvalue weighted by molar-refractivity contribution is 0.600.